The summed E-state index contributed by atoms with van der Waals surface area (Å²) in [7, 11) is 0. The maximum Gasteiger partial charge on any atom is 0.222 e. The predicted molar refractivity (Wildman–Crippen MR) is 69.9 cm³/mol. The number of halogens is 1. The van der Waals surface area contributed by atoms with Crippen LogP contribution in [0.3, 0.4) is 0 Å². The van der Waals surface area contributed by atoms with Crippen LogP contribution in [0.4, 0.5) is 0 Å². The molecule has 17 heavy (non-hydrogen) atoms. The largest absolute Gasteiger partial charge is 0.339 e. The topological polar surface area (TPSA) is 20.3 Å². The van der Waals surface area contributed by atoms with Crippen molar-refractivity contribution in [2.24, 2.45) is 0 Å². The van der Waals surface area contributed by atoms with Gasteiger partial charge >= 0.3 is 0 Å². The minimum atomic E-state index is 0.228. The van der Waals surface area contributed by atoms with E-state index in [1.54, 1.807) is 0 Å². The van der Waals surface area contributed by atoms with Crippen molar-refractivity contribution in [3.63, 3.8) is 0 Å². The molecule has 1 aliphatic rings. The summed E-state index contributed by atoms with van der Waals surface area (Å²) in [6.07, 6.45) is 3.30. The quantitative estimate of drug-likeness (QED) is 0.804. The molecule has 3 heteroatoms. The van der Waals surface area contributed by atoms with Gasteiger partial charge in [0.2, 0.25) is 5.91 Å². The second-order valence-electron chi connectivity index (χ2n) is 4.46. The summed E-state index contributed by atoms with van der Waals surface area (Å²) < 4.78 is 0. The zero-order valence-electron chi connectivity index (χ0n) is 9.86. The molecule has 1 heterocycles. The van der Waals surface area contributed by atoms with Gasteiger partial charge in [0, 0.05) is 24.0 Å². The molecule has 1 radical (unpaired) electrons. The Morgan fingerprint density at radius 2 is 2.06 bits per heavy atom. The second-order valence-corrected chi connectivity index (χ2v) is 4.90. The van der Waals surface area contributed by atoms with Crippen LogP contribution in [0.1, 0.15) is 24.8 Å². The Balaban J connectivity index is 2.04. The van der Waals surface area contributed by atoms with Gasteiger partial charge in [0.15, 0.2) is 0 Å². The smallest absolute Gasteiger partial charge is 0.222 e. The van der Waals surface area contributed by atoms with Crippen LogP contribution in [0, 0.1) is 6.92 Å². The molecule has 1 saturated heterocycles. The molecule has 0 N–H and O–H groups in total. The lowest BCUT2D eigenvalue weighted by atomic mass is 10.0. The van der Waals surface area contributed by atoms with Crippen molar-refractivity contribution in [3.05, 3.63) is 41.8 Å². The molecule has 1 aliphatic heterocycles. The number of benzene rings is 1. The summed E-state index contributed by atoms with van der Waals surface area (Å²) in [4.78, 5) is 13.7. The fourth-order valence-electron chi connectivity index (χ4n) is 2.32. The van der Waals surface area contributed by atoms with Gasteiger partial charge < -0.3 is 4.90 Å². The van der Waals surface area contributed by atoms with Crippen molar-refractivity contribution >= 4 is 17.5 Å². The van der Waals surface area contributed by atoms with Gasteiger partial charge in [0.1, 0.15) is 0 Å². The molecule has 1 amide bonds. The lowest BCUT2D eigenvalue weighted by molar-refractivity contribution is -0.129. The average molecular weight is 251 g/mol. The van der Waals surface area contributed by atoms with E-state index in [2.05, 4.69) is 6.92 Å². The number of likely N-dealkylation sites (tertiary alicyclic amines) is 1. The highest BCUT2D eigenvalue weighted by molar-refractivity contribution is 6.30. The highest BCUT2D eigenvalue weighted by atomic mass is 35.5. The van der Waals surface area contributed by atoms with E-state index >= 15 is 0 Å². The van der Waals surface area contributed by atoms with Crippen LogP contribution in [0.15, 0.2) is 24.3 Å². The van der Waals surface area contributed by atoms with Crippen LogP contribution in [0.2, 0.25) is 5.02 Å². The normalized spacial score (nSPS) is 17.5. The van der Waals surface area contributed by atoms with Crippen LogP contribution in [-0.2, 0) is 11.2 Å². The Kier molecular flexibility index (Phi) is 4.06. The Labute approximate surface area is 108 Å². The Morgan fingerprint density at radius 1 is 1.35 bits per heavy atom. The lowest BCUT2D eigenvalue weighted by Crippen LogP contribution is -2.37. The molecular weight excluding hydrogens is 234 g/mol. The van der Waals surface area contributed by atoms with Gasteiger partial charge in [-0.15, -0.1) is 0 Å². The highest BCUT2D eigenvalue weighted by Gasteiger charge is 2.26. The number of carbonyl (C=O) groups excluding carboxylic acids is 1. The van der Waals surface area contributed by atoms with E-state index < -0.39 is 0 Å². The minimum Gasteiger partial charge on any atom is -0.339 e. The first-order chi connectivity index (χ1) is 8.20. The maximum atomic E-state index is 11.7. The summed E-state index contributed by atoms with van der Waals surface area (Å²) in [6.45, 7) is 4.84. The first kappa shape index (κ1) is 12.4. The molecule has 2 rings (SSSR count). The zero-order valence-corrected chi connectivity index (χ0v) is 10.6. The van der Waals surface area contributed by atoms with Gasteiger partial charge in [-0.1, -0.05) is 30.7 Å². The van der Waals surface area contributed by atoms with Crippen LogP contribution in [0.5, 0.6) is 0 Å². The third kappa shape index (κ3) is 3.01. The minimum absolute atomic E-state index is 0.228. The number of hydrogen-bond donors (Lipinski definition) is 0. The molecule has 0 saturated carbocycles. The van der Waals surface area contributed by atoms with Gasteiger partial charge in [-0.25, -0.2) is 0 Å². The van der Waals surface area contributed by atoms with Crippen molar-refractivity contribution in [2.45, 2.75) is 31.7 Å². The first-order valence-electron chi connectivity index (χ1n) is 6.04. The summed E-state index contributed by atoms with van der Waals surface area (Å²) in [5, 5.41) is 0.747. The number of carbonyl (C=O) groups is 1. The fourth-order valence-corrected chi connectivity index (χ4v) is 2.44. The zero-order chi connectivity index (χ0) is 12.3. The van der Waals surface area contributed by atoms with E-state index in [4.69, 9.17) is 11.6 Å². The Hall–Kier alpha value is -1.02. The van der Waals surface area contributed by atoms with E-state index in [0.29, 0.717) is 6.42 Å². The molecule has 1 fully saturated rings. The Morgan fingerprint density at radius 3 is 2.59 bits per heavy atom. The van der Waals surface area contributed by atoms with Crippen molar-refractivity contribution in [1.29, 1.82) is 0 Å². The maximum absolute atomic E-state index is 11.7. The Bertz CT molecular complexity index is 388. The summed E-state index contributed by atoms with van der Waals surface area (Å²) in [6, 6.07) is 8.05. The standard InChI is InChI=1S/C14H17ClNO/c1-2-13(16-9-3-4-14(16)17)10-11-5-7-12(15)8-6-11/h5-8,13H,1-4,9-10H2. The van der Waals surface area contributed by atoms with Gasteiger partial charge in [0.05, 0.1) is 0 Å². The third-order valence-electron chi connectivity index (χ3n) is 3.27. The van der Waals surface area contributed by atoms with Crippen molar-refractivity contribution in [3.8, 4) is 0 Å². The number of hydrogen-bond acceptors (Lipinski definition) is 1. The van der Waals surface area contributed by atoms with Crippen LogP contribution < -0.4 is 0 Å². The number of nitrogens with zero attached hydrogens (tertiary/aromatic N) is 1. The average Bonchev–Trinajstić information content (AvgIpc) is 2.75. The number of rotatable bonds is 4. The van der Waals surface area contributed by atoms with Crippen LogP contribution in [0.25, 0.3) is 0 Å². The highest BCUT2D eigenvalue weighted by Crippen LogP contribution is 2.20. The molecule has 0 bridgehead atoms. The predicted octanol–water partition coefficient (Wildman–Crippen LogP) is 3.10. The van der Waals surface area contributed by atoms with Gasteiger partial charge in [-0.05, 0) is 37.0 Å². The summed E-state index contributed by atoms with van der Waals surface area (Å²) in [5.41, 5.74) is 1.21. The van der Waals surface area contributed by atoms with Crippen LogP contribution >= 0.6 is 11.6 Å². The van der Waals surface area contributed by atoms with Crippen molar-refractivity contribution in [2.75, 3.05) is 6.54 Å². The number of amides is 1. The van der Waals surface area contributed by atoms with E-state index in [1.165, 1.54) is 5.56 Å². The fraction of sp³-hybridized carbons (Fsp3) is 0.429. The SMILES string of the molecule is [CH2]CC(Cc1ccc(Cl)cc1)N1CCCC1=O. The van der Waals surface area contributed by atoms with Gasteiger partial charge in [0.25, 0.3) is 0 Å². The molecule has 1 unspecified atom stereocenters. The summed E-state index contributed by atoms with van der Waals surface area (Å²) >= 11 is 5.86. The molecule has 91 valence electrons. The molecule has 0 spiro atoms. The van der Waals surface area contributed by atoms with Crippen molar-refractivity contribution < 1.29 is 4.79 Å². The van der Waals surface area contributed by atoms with E-state index in [9.17, 15) is 4.79 Å². The first-order valence-corrected chi connectivity index (χ1v) is 6.41. The van der Waals surface area contributed by atoms with Crippen molar-refractivity contribution in [1.82, 2.24) is 4.90 Å². The summed E-state index contributed by atoms with van der Waals surface area (Å²) in [5.74, 6) is 0.271. The second kappa shape index (κ2) is 5.54. The van der Waals surface area contributed by atoms with Crippen LogP contribution in [-0.4, -0.2) is 23.4 Å². The molecule has 1 atom stereocenters. The lowest BCUT2D eigenvalue weighted by Gasteiger charge is -2.26. The molecular formula is C14H17ClNO. The molecule has 1 aromatic carbocycles. The van der Waals surface area contributed by atoms with E-state index in [-0.39, 0.29) is 11.9 Å². The molecule has 0 aliphatic carbocycles. The molecule has 0 aromatic heterocycles. The molecule has 1 aromatic rings. The van der Waals surface area contributed by atoms with E-state index in [0.717, 1.165) is 30.8 Å². The van der Waals surface area contributed by atoms with Gasteiger partial charge in [-0.2, -0.15) is 0 Å². The van der Waals surface area contributed by atoms with Gasteiger partial charge in [-0.3, -0.25) is 4.79 Å². The molecule has 2 nitrogen and oxygen atoms in total. The monoisotopic (exact) mass is 250 g/mol. The van der Waals surface area contributed by atoms with E-state index in [1.807, 2.05) is 29.2 Å². The third-order valence-corrected chi connectivity index (χ3v) is 3.52.